The second kappa shape index (κ2) is 8.55. The van der Waals surface area contributed by atoms with Crippen LogP contribution in [0.25, 0.3) is 0 Å². The number of amides is 2. The van der Waals surface area contributed by atoms with Gasteiger partial charge in [-0.15, -0.1) is 0 Å². The standard InChI is InChI=1S/C17H22Cl2N2O2/c1-21(17(23)9-6-12-4-2-3-5-12)11-16(22)20-13-7-8-14(18)15(19)10-13/h7-8,10,12H,2-6,9,11H2,1H3,(H,20,22). The lowest BCUT2D eigenvalue weighted by Crippen LogP contribution is -2.35. The second-order valence-corrected chi connectivity index (χ2v) is 6.93. The number of halogens is 2. The van der Waals surface area contributed by atoms with Crippen molar-refractivity contribution < 1.29 is 9.59 Å². The first kappa shape index (κ1) is 18.1. The highest BCUT2D eigenvalue weighted by Gasteiger charge is 2.18. The number of hydrogen-bond acceptors (Lipinski definition) is 2. The van der Waals surface area contributed by atoms with E-state index >= 15 is 0 Å². The van der Waals surface area contributed by atoms with E-state index in [1.807, 2.05) is 0 Å². The van der Waals surface area contributed by atoms with Gasteiger partial charge in [0.25, 0.3) is 0 Å². The first-order chi connectivity index (χ1) is 11.0. The Labute approximate surface area is 147 Å². The zero-order valence-electron chi connectivity index (χ0n) is 13.3. The molecule has 0 unspecified atom stereocenters. The van der Waals surface area contributed by atoms with Crippen LogP contribution in [0.15, 0.2) is 18.2 Å². The molecular formula is C17H22Cl2N2O2. The summed E-state index contributed by atoms with van der Waals surface area (Å²) in [5.74, 6) is 0.443. The summed E-state index contributed by atoms with van der Waals surface area (Å²) < 4.78 is 0. The minimum atomic E-state index is -0.250. The van der Waals surface area contributed by atoms with Crippen LogP contribution in [0.5, 0.6) is 0 Å². The molecular weight excluding hydrogens is 335 g/mol. The monoisotopic (exact) mass is 356 g/mol. The van der Waals surface area contributed by atoms with Gasteiger partial charge in [0, 0.05) is 19.2 Å². The van der Waals surface area contributed by atoms with Crippen LogP contribution in [0, 0.1) is 5.92 Å². The zero-order chi connectivity index (χ0) is 16.8. The van der Waals surface area contributed by atoms with Crippen molar-refractivity contribution in [2.75, 3.05) is 18.9 Å². The quantitative estimate of drug-likeness (QED) is 0.822. The van der Waals surface area contributed by atoms with Gasteiger partial charge in [-0.2, -0.15) is 0 Å². The third-order valence-corrected chi connectivity index (χ3v) is 4.99. The lowest BCUT2D eigenvalue weighted by atomic mass is 10.0. The average molecular weight is 357 g/mol. The van der Waals surface area contributed by atoms with E-state index in [2.05, 4.69) is 5.32 Å². The fourth-order valence-electron chi connectivity index (χ4n) is 2.90. The van der Waals surface area contributed by atoms with E-state index < -0.39 is 0 Å². The summed E-state index contributed by atoms with van der Waals surface area (Å²) >= 11 is 11.7. The maximum atomic E-state index is 12.1. The van der Waals surface area contributed by atoms with Gasteiger partial charge in [0.2, 0.25) is 11.8 Å². The fourth-order valence-corrected chi connectivity index (χ4v) is 3.19. The molecule has 0 aliphatic heterocycles. The number of carbonyl (C=O) groups is 2. The number of likely N-dealkylation sites (N-methyl/N-ethyl adjacent to an activating group) is 1. The smallest absolute Gasteiger partial charge is 0.243 e. The predicted octanol–water partition coefficient (Wildman–Crippen LogP) is 4.36. The topological polar surface area (TPSA) is 49.4 Å². The average Bonchev–Trinajstić information content (AvgIpc) is 3.01. The summed E-state index contributed by atoms with van der Waals surface area (Å²) in [5, 5.41) is 3.53. The summed E-state index contributed by atoms with van der Waals surface area (Å²) in [5.41, 5.74) is 0.566. The number of anilines is 1. The highest BCUT2D eigenvalue weighted by atomic mass is 35.5. The van der Waals surface area contributed by atoms with E-state index in [1.165, 1.54) is 30.6 Å². The molecule has 4 nitrogen and oxygen atoms in total. The Morgan fingerprint density at radius 3 is 2.57 bits per heavy atom. The van der Waals surface area contributed by atoms with Crippen molar-refractivity contribution in [1.82, 2.24) is 4.90 Å². The Bertz CT molecular complexity index is 572. The Hall–Kier alpha value is -1.26. The molecule has 1 saturated carbocycles. The van der Waals surface area contributed by atoms with E-state index in [9.17, 15) is 9.59 Å². The van der Waals surface area contributed by atoms with Gasteiger partial charge in [0.1, 0.15) is 0 Å². The Balaban J connectivity index is 1.76. The summed E-state index contributed by atoms with van der Waals surface area (Å²) in [6.07, 6.45) is 6.46. The molecule has 2 amide bonds. The molecule has 0 heterocycles. The molecule has 0 atom stereocenters. The molecule has 23 heavy (non-hydrogen) atoms. The normalized spacial score (nSPS) is 14.7. The van der Waals surface area contributed by atoms with Crippen LogP contribution in [-0.4, -0.2) is 30.3 Å². The molecule has 0 bridgehead atoms. The van der Waals surface area contributed by atoms with E-state index in [-0.39, 0.29) is 18.4 Å². The second-order valence-electron chi connectivity index (χ2n) is 6.12. The van der Waals surface area contributed by atoms with Crippen molar-refractivity contribution in [3.05, 3.63) is 28.2 Å². The lowest BCUT2D eigenvalue weighted by molar-refractivity contribution is -0.133. The van der Waals surface area contributed by atoms with Gasteiger partial charge in [0.05, 0.1) is 16.6 Å². The van der Waals surface area contributed by atoms with Crippen molar-refractivity contribution in [1.29, 1.82) is 0 Å². The van der Waals surface area contributed by atoms with Crippen LogP contribution < -0.4 is 5.32 Å². The Morgan fingerprint density at radius 1 is 1.22 bits per heavy atom. The molecule has 126 valence electrons. The molecule has 2 rings (SSSR count). The largest absolute Gasteiger partial charge is 0.336 e. The molecule has 1 aliphatic carbocycles. The van der Waals surface area contributed by atoms with Gasteiger partial charge >= 0.3 is 0 Å². The predicted molar refractivity (Wildman–Crippen MR) is 93.9 cm³/mol. The molecule has 1 aromatic rings. The molecule has 0 saturated heterocycles. The maximum Gasteiger partial charge on any atom is 0.243 e. The van der Waals surface area contributed by atoms with Crippen LogP contribution in [0.2, 0.25) is 10.0 Å². The van der Waals surface area contributed by atoms with Gasteiger partial charge < -0.3 is 10.2 Å². The van der Waals surface area contributed by atoms with Gasteiger partial charge in [-0.25, -0.2) is 0 Å². The van der Waals surface area contributed by atoms with Crippen molar-refractivity contribution in [2.24, 2.45) is 5.92 Å². The molecule has 0 aromatic heterocycles. The third-order valence-electron chi connectivity index (χ3n) is 4.25. The summed E-state index contributed by atoms with van der Waals surface area (Å²) in [6.45, 7) is 0.0315. The van der Waals surface area contributed by atoms with Gasteiger partial charge in [-0.05, 0) is 30.5 Å². The number of nitrogens with one attached hydrogen (secondary N) is 1. The summed E-state index contributed by atoms with van der Waals surface area (Å²) in [6, 6.07) is 4.88. The maximum absolute atomic E-state index is 12.1. The summed E-state index contributed by atoms with van der Waals surface area (Å²) in [7, 11) is 1.66. The van der Waals surface area contributed by atoms with Crippen LogP contribution >= 0.6 is 23.2 Å². The van der Waals surface area contributed by atoms with Crippen LogP contribution in [-0.2, 0) is 9.59 Å². The molecule has 1 fully saturated rings. The molecule has 1 aromatic carbocycles. The van der Waals surface area contributed by atoms with E-state index in [4.69, 9.17) is 23.2 Å². The van der Waals surface area contributed by atoms with Gasteiger partial charge in [0.15, 0.2) is 0 Å². The zero-order valence-corrected chi connectivity index (χ0v) is 14.8. The van der Waals surface area contributed by atoms with Crippen LogP contribution in [0.3, 0.4) is 0 Å². The van der Waals surface area contributed by atoms with Gasteiger partial charge in [-0.1, -0.05) is 48.9 Å². The molecule has 0 spiro atoms. The highest BCUT2D eigenvalue weighted by molar-refractivity contribution is 6.42. The number of carbonyl (C=O) groups excluding carboxylic acids is 2. The van der Waals surface area contributed by atoms with E-state index in [0.29, 0.717) is 28.1 Å². The van der Waals surface area contributed by atoms with Crippen molar-refractivity contribution >= 4 is 40.7 Å². The van der Waals surface area contributed by atoms with Crippen LogP contribution in [0.1, 0.15) is 38.5 Å². The third kappa shape index (κ3) is 5.70. The lowest BCUT2D eigenvalue weighted by Gasteiger charge is -2.18. The van der Waals surface area contributed by atoms with Crippen molar-refractivity contribution in [2.45, 2.75) is 38.5 Å². The molecule has 6 heteroatoms. The highest BCUT2D eigenvalue weighted by Crippen LogP contribution is 2.28. The minimum Gasteiger partial charge on any atom is -0.336 e. The number of rotatable bonds is 6. The Kier molecular flexibility index (Phi) is 6.72. The molecule has 1 N–H and O–H groups in total. The summed E-state index contributed by atoms with van der Waals surface area (Å²) in [4.78, 5) is 25.6. The van der Waals surface area contributed by atoms with Crippen LogP contribution in [0.4, 0.5) is 5.69 Å². The number of benzene rings is 1. The van der Waals surface area contributed by atoms with Gasteiger partial charge in [-0.3, -0.25) is 9.59 Å². The molecule has 1 aliphatic rings. The number of hydrogen-bond donors (Lipinski definition) is 1. The fraction of sp³-hybridized carbons (Fsp3) is 0.529. The SMILES string of the molecule is CN(CC(=O)Nc1ccc(Cl)c(Cl)c1)C(=O)CCC1CCCC1. The number of nitrogens with zero attached hydrogens (tertiary/aromatic N) is 1. The Morgan fingerprint density at radius 2 is 1.91 bits per heavy atom. The van der Waals surface area contributed by atoms with Crippen molar-refractivity contribution in [3.8, 4) is 0 Å². The first-order valence-corrected chi connectivity index (χ1v) is 8.70. The first-order valence-electron chi connectivity index (χ1n) is 7.94. The van der Waals surface area contributed by atoms with E-state index in [0.717, 1.165) is 6.42 Å². The van der Waals surface area contributed by atoms with Crippen molar-refractivity contribution in [3.63, 3.8) is 0 Å². The molecule has 0 radical (unpaired) electrons. The minimum absolute atomic E-state index is 0.0150. The van der Waals surface area contributed by atoms with E-state index in [1.54, 1.807) is 25.2 Å².